The van der Waals surface area contributed by atoms with E-state index in [0.29, 0.717) is 0 Å². The number of carbonyl (C=O) groups excluding carboxylic acids is 1. The van der Waals surface area contributed by atoms with E-state index in [1.807, 2.05) is 14.0 Å². The van der Waals surface area contributed by atoms with Crippen molar-refractivity contribution < 1.29 is 4.79 Å². The van der Waals surface area contributed by atoms with Crippen molar-refractivity contribution >= 4 is 28.8 Å². The van der Waals surface area contributed by atoms with Gasteiger partial charge < -0.3 is 11.1 Å². The Labute approximate surface area is 105 Å². The Morgan fingerprint density at radius 3 is 2.82 bits per heavy atom. The predicted molar refractivity (Wildman–Crippen MR) is 69.7 cm³/mol. The normalized spacial score (nSPS) is 16.6. The summed E-state index contributed by atoms with van der Waals surface area (Å²) in [7, 11) is 1.83. The summed E-state index contributed by atoms with van der Waals surface area (Å²) in [6.45, 7) is 2.00. The van der Waals surface area contributed by atoms with E-state index in [4.69, 9.17) is 18.0 Å². The van der Waals surface area contributed by atoms with Crippen molar-refractivity contribution in [3.63, 3.8) is 0 Å². The molecule has 0 aliphatic heterocycles. The number of hydrogen-bond acceptors (Lipinski definition) is 3. The number of hydrogen-bond donors (Lipinski definition) is 2. The number of aromatic nitrogens is 2. The molecule has 0 saturated heterocycles. The molecule has 1 saturated carbocycles. The fraction of sp³-hybridized carbons (Fsp3) is 0.545. The van der Waals surface area contributed by atoms with Crippen LogP contribution in [0.5, 0.6) is 0 Å². The summed E-state index contributed by atoms with van der Waals surface area (Å²) in [5, 5.41) is 7.14. The largest absolute Gasteiger partial charge is 0.392 e. The number of carbonyl (C=O) groups is 1. The number of nitrogens with one attached hydrogen (secondary N) is 1. The minimum atomic E-state index is -0.615. The van der Waals surface area contributed by atoms with Crippen LogP contribution in [0.25, 0.3) is 0 Å². The van der Waals surface area contributed by atoms with Crippen molar-refractivity contribution in [1.29, 1.82) is 0 Å². The Morgan fingerprint density at radius 1 is 1.71 bits per heavy atom. The Hall–Kier alpha value is -1.43. The molecule has 1 fully saturated rings. The first kappa shape index (κ1) is 12.0. The minimum Gasteiger partial charge on any atom is -0.392 e. The van der Waals surface area contributed by atoms with E-state index >= 15 is 0 Å². The molecule has 1 aromatic heterocycles. The summed E-state index contributed by atoms with van der Waals surface area (Å²) in [5.74, 6) is -0.104. The van der Waals surface area contributed by atoms with Crippen LogP contribution in [0.1, 0.15) is 25.5 Å². The Morgan fingerprint density at radius 2 is 2.35 bits per heavy atom. The summed E-state index contributed by atoms with van der Waals surface area (Å²) < 4.78 is 1.69. The van der Waals surface area contributed by atoms with Gasteiger partial charge in [0.15, 0.2) is 0 Å². The van der Waals surface area contributed by atoms with Crippen molar-refractivity contribution in [3.8, 4) is 0 Å². The van der Waals surface area contributed by atoms with Gasteiger partial charge in [0.25, 0.3) is 0 Å². The standard InChI is InChI=1S/C11H16N4OS/c1-3-7-8(6-15(2)14-7)13-10(16)11(4-5-11)9(12)17/h6H,3-5H2,1-2H3,(H2,12,17)(H,13,16). The molecule has 0 aromatic carbocycles. The van der Waals surface area contributed by atoms with E-state index in [0.717, 1.165) is 30.6 Å². The summed E-state index contributed by atoms with van der Waals surface area (Å²) >= 11 is 4.95. The molecule has 0 unspecified atom stereocenters. The first-order valence-electron chi connectivity index (χ1n) is 5.63. The van der Waals surface area contributed by atoms with E-state index in [1.165, 1.54) is 0 Å². The second-order valence-electron chi connectivity index (χ2n) is 4.42. The lowest BCUT2D eigenvalue weighted by Crippen LogP contribution is -2.35. The zero-order chi connectivity index (χ0) is 12.6. The highest BCUT2D eigenvalue weighted by molar-refractivity contribution is 7.80. The first-order chi connectivity index (χ1) is 7.99. The number of rotatable bonds is 4. The smallest absolute Gasteiger partial charge is 0.237 e. The van der Waals surface area contributed by atoms with E-state index in [2.05, 4.69) is 10.4 Å². The molecule has 0 bridgehead atoms. The molecule has 2 rings (SSSR count). The van der Waals surface area contributed by atoms with E-state index < -0.39 is 5.41 Å². The molecule has 0 spiro atoms. The van der Waals surface area contributed by atoms with Gasteiger partial charge in [-0.1, -0.05) is 19.1 Å². The van der Waals surface area contributed by atoms with Gasteiger partial charge in [-0.2, -0.15) is 5.10 Å². The third-order valence-corrected chi connectivity index (χ3v) is 3.54. The number of thiocarbonyl (C=S) groups is 1. The van der Waals surface area contributed by atoms with Crippen LogP contribution in [-0.4, -0.2) is 20.7 Å². The molecular formula is C11H16N4OS. The summed E-state index contributed by atoms with van der Waals surface area (Å²) in [5.41, 5.74) is 6.62. The lowest BCUT2D eigenvalue weighted by molar-refractivity contribution is -0.118. The molecule has 1 heterocycles. The second-order valence-corrected chi connectivity index (χ2v) is 4.86. The SMILES string of the molecule is CCc1nn(C)cc1NC(=O)C1(C(N)=S)CC1. The van der Waals surface area contributed by atoms with Gasteiger partial charge in [-0.15, -0.1) is 0 Å². The molecular weight excluding hydrogens is 236 g/mol. The number of amides is 1. The van der Waals surface area contributed by atoms with Crippen LogP contribution < -0.4 is 11.1 Å². The fourth-order valence-corrected chi connectivity index (χ4v) is 2.15. The molecule has 1 aromatic rings. The molecule has 3 N–H and O–H groups in total. The highest BCUT2D eigenvalue weighted by atomic mass is 32.1. The number of aryl methyl sites for hydroxylation is 2. The maximum absolute atomic E-state index is 12.1. The third kappa shape index (κ3) is 2.04. The topological polar surface area (TPSA) is 72.9 Å². The van der Waals surface area contributed by atoms with Crippen LogP contribution in [0.4, 0.5) is 5.69 Å². The second kappa shape index (κ2) is 4.10. The van der Waals surface area contributed by atoms with Crippen LogP contribution >= 0.6 is 12.2 Å². The highest BCUT2D eigenvalue weighted by Crippen LogP contribution is 2.46. The van der Waals surface area contributed by atoms with E-state index in [9.17, 15) is 4.79 Å². The third-order valence-electron chi connectivity index (χ3n) is 3.14. The molecule has 1 aliphatic carbocycles. The average Bonchev–Trinajstić information content (AvgIpc) is 3.00. The van der Waals surface area contributed by atoms with Gasteiger partial charge in [-0.05, 0) is 19.3 Å². The Balaban J connectivity index is 2.16. The molecule has 1 amide bonds. The number of anilines is 1. The Kier molecular flexibility index (Phi) is 2.91. The van der Waals surface area contributed by atoms with Gasteiger partial charge in [0.1, 0.15) is 0 Å². The number of nitrogens with two attached hydrogens (primary N) is 1. The minimum absolute atomic E-state index is 0.104. The Bertz CT molecular complexity index is 476. The van der Waals surface area contributed by atoms with Crippen LogP contribution in [0.2, 0.25) is 0 Å². The highest BCUT2D eigenvalue weighted by Gasteiger charge is 2.52. The summed E-state index contributed by atoms with van der Waals surface area (Å²) in [4.78, 5) is 12.4. The maximum atomic E-state index is 12.1. The van der Waals surface area contributed by atoms with Crippen LogP contribution in [0.3, 0.4) is 0 Å². The van der Waals surface area contributed by atoms with Crippen molar-refractivity contribution in [2.75, 3.05) is 5.32 Å². The van der Waals surface area contributed by atoms with Crippen LogP contribution in [-0.2, 0) is 18.3 Å². The van der Waals surface area contributed by atoms with Crippen LogP contribution in [0.15, 0.2) is 6.20 Å². The molecule has 0 radical (unpaired) electrons. The molecule has 5 nitrogen and oxygen atoms in total. The zero-order valence-electron chi connectivity index (χ0n) is 9.99. The summed E-state index contributed by atoms with van der Waals surface area (Å²) in [6, 6.07) is 0. The summed E-state index contributed by atoms with van der Waals surface area (Å²) in [6.07, 6.45) is 4.06. The van der Waals surface area contributed by atoms with Crippen molar-refractivity contribution in [1.82, 2.24) is 9.78 Å². The predicted octanol–water partition coefficient (Wildman–Crippen LogP) is 0.987. The molecule has 0 atom stereocenters. The van der Waals surface area contributed by atoms with Gasteiger partial charge in [0, 0.05) is 13.2 Å². The monoisotopic (exact) mass is 252 g/mol. The molecule has 6 heteroatoms. The average molecular weight is 252 g/mol. The lowest BCUT2D eigenvalue weighted by atomic mass is 10.1. The van der Waals surface area contributed by atoms with Gasteiger partial charge in [0.05, 0.1) is 21.8 Å². The molecule has 17 heavy (non-hydrogen) atoms. The van der Waals surface area contributed by atoms with Crippen LogP contribution in [0, 0.1) is 5.41 Å². The van der Waals surface area contributed by atoms with E-state index in [-0.39, 0.29) is 10.9 Å². The molecule has 1 aliphatic rings. The van der Waals surface area contributed by atoms with Crippen molar-refractivity contribution in [2.24, 2.45) is 18.2 Å². The fourth-order valence-electron chi connectivity index (χ4n) is 1.85. The van der Waals surface area contributed by atoms with Gasteiger partial charge >= 0.3 is 0 Å². The zero-order valence-corrected chi connectivity index (χ0v) is 10.8. The molecule has 92 valence electrons. The number of nitrogens with zero attached hydrogens (tertiary/aromatic N) is 2. The van der Waals surface area contributed by atoms with Gasteiger partial charge in [0.2, 0.25) is 5.91 Å². The maximum Gasteiger partial charge on any atom is 0.237 e. The quantitative estimate of drug-likeness (QED) is 0.784. The van der Waals surface area contributed by atoms with Gasteiger partial charge in [-0.3, -0.25) is 9.48 Å². The lowest BCUT2D eigenvalue weighted by Gasteiger charge is -2.13. The first-order valence-corrected chi connectivity index (χ1v) is 6.04. The van der Waals surface area contributed by atoms with Crippen molar-refractivity contribution in [2.45, 2.75) is 26.2 Å². The van der Waals surface area contributed by atoms with Gasteiger partial charge in [-0.25, -0.2) is 0 Å². The van der Waals surface area contributed by atoms with Crippen molar-refractivity contribution in [3.05, 3.63) is 11.9 Å². The van der Waals surface area contributed by atoms with E-state index in [1.54, 1.807) is 10.9 Å².